The minimum atomic E-state index is -3.45. The second-order valence-corrected chi connectivity index (χ2v) is 14.6. The fourth-order valence-electron chi connectivity index (χ4n) is 5.94. The number of nitrogens with zero attached hydrogens (tertiary/aromatic N) is 1. The molecule has 2 saturated carbocycles. The van der Waals surface area contributed by atoms with Crippen LogP contribution in [-0.4, -0.2) is 47.3 Å². The average Bonchev–Trinajstić information content (AvgIpc) is 3.29. The predicted octanol–water partition coefficient (Wildman–Crippen LogP) is 4.66. The van der Waals surface area contributed by atoms with Gasteiger partial charge in [0.25, 0.3) is 0 Å². The molecular formula is C23H32N2O3S3. The summed E-state index contributed by atoms with van der Waals surface area (Å²) in [6.45, 7) is 3.35. The zero-order valence-corrected chi connectivity index (χ0v) is 20.5. The van der Waals surface area contributed by atoms with E-state index in [4.69, 9.17) is 0 Å². The van der Waals surface area contributed by atoms with Crippen LogP contribution in [0.1, 0.15) is 45.4 Å². The van der Waals surface area contributed by atoms with Crippen molar-refractivity contribution in [2.45, 2.75) is 54.4 Å². The standard InChI is InChI=1S/C23H32N2O3S3/c1-16-8-10-25(11-9-16)31(27,28)21-6-4-20(5-7-21)24-22(26)17-14-18-2-3-19(15-17)23(18)29-12-13-30-23/h4-7,16-19H,2-3,8-15H2,1H3,(H,24,26)/t17?,18-,19+. The molecule has 31 heavy (non-hydrogen) atoms. The Hall–Kier alpha value is -0.700. The topological polar surface area (TPSA) is 66.5 Å². The molecule has 2 saturated heterocycles. The number of hydrogen-bond donors (Lipinski definition) is 1. The van der Waals surface area contributed by atoms with E-state index in [1.54, 1.807) is 28.6 Å². The van der Waals surface area contributed by atoms with Crippen LogP contribution < -0.4 is 5.32 Å². The lowest BCUT2D eigenvalue weighted by molar-refractivity contribution is -0.121. The van der Waals surface area contributed by atoms with E-state index in [0.29, 0.717) is 45.5 Å². The lowest BCUT2D eigenvalue weighted by Gasteiger charge is -2.42. The second-order valence-electron chi connectivity index (χ2n) is 9.66. The largest absolute Gasteiger partial charge is 0.326 e. The number of rotatable bonds is 4. The molecule has 5 nitrogen and oxygen atoms in total. The highest BCUT2D eigenvalue weighted by atomic mass is 32.2. The van der Waals surface area contributed by atoms with E-state index in [1.807, 2.05) is 0 Å². The highest BCUT2D eigenvalue weighted by Gasteiger charge is 2.57. The Labute approximate surface area is 194 Å². The Kier molecular flexibility index (Phi) is 6.12. The number of nitrogens with one attached hydrogen (secondary N) is 1. The van der Waals surface area contributed by atoms with E-state index in [0.717, 1.165) is 25.7 Å². The molecule has 0 radical (unpaired) electrons. The van der Waals surface area contributed by atoms with Gasteiger partial charge in [0, 0.05) is 36.2 Å². The molecule has 1 spiro atoms. The zero-order valence-electron chi connectivity index (χ0n) is 18.1. The first-order valence-corrected chi connectivity index (χ1v) is 15.0. The van der Waals surface area contributed by atoms with Crippen molar-refractivity contribution >= 4 is 45.1 Å². The molecule has 2 aliphatic carbocycles. The maximum absolute atomic E-state index is 13.0. The third kappa shape index (κ3) is 4.06. The van der Waals surface area contributed by atoms with Crippen molar-refractivity contribution in [1.82, 2.24) is 4.31 Å². The predicted molar refractivity (Wildman–Crippen MR) is 129 cm³/mol. The molecule has 4 fully saturated rings. The minimum Gasteiger partial charge on any atom is -0.326 e. The van der Waals surface area contributed by atoms with E-state index in [1.165, 1.54) is 24.3 Å². The Morgan fingerprint density at radius 1 is 1.00 bits per heavy atom. The summed E-state index contributed by atoms with van der Waals surface area (Å²) >= 11 is 4.30. The van der Waals surface area contributed by atoms with Gasteiger partial charge in [0.2, 0.25) is 15.9 Å². The summed E-state index contributed by atoms with van der Waals surface area (Å²) in [6, 6.07) is 6.74. The van der Waals surface area contributed by atoms with Gasteiger partial charge in [-0.25, -0.2) is 8.42 Å². The number of sulfonamides is 1. The van der Waals surface area contributed by atoms with Gasteiger partial charge in [0.1, 0.15) is 0 Å². The molecular weight excluding hydrogens is 448 g/mol. The maximum Gasteiger partial charge on any atom is 0.243 e. The van der Waals surface area contributed by atoms with E-state index in [2.05, 4.69) is 35.8 Å². The van der Waals surface area contributed by atoms with Gasteiger partial charge in [-0.1, -0.05) is 6.92 Å². The van der Waals surface area contributed by atoms with Gasteiger partial charge in [0.05, 0.1) is 8.97 Å². The number of benzene rings is 1. The van der Waals surface area contributed by atoms with Crippen LogP contribution in [0.15, 0.2) is 29.2 Å². The smallest absolute Gasteiger partial charge is 0.243 e. The molecule has 1 amide bonds. The van der Waals surface area contributed by atoms with E-state index in [-0.39, 0.29) is 11.8 Å². The van der Waals surface area contributed by atoms with Gasteiger partial charge in [-0.2, -0.15) is 4.31 Å². The number of anilines is 1. The van der Waals surface area contributed by atoms with Gasteiger partial charge in [-0.15, -0.1) is 23.5 Å². The summed E-state index contributed by atoms with van der Waals surface area (Å²) in [7, 11) is -3.45. The van der Waals surface area contributed by atoms with Crippen LogP contribution in [-0.2, 0) is 14.8 Å². The van der Waals surface area contributed by atoms with Crippen molar-refractivity contribution in [3.8, 4) is 0 Å². The Morgan fingerprint density at radius 3 is 2.16 bits per heavy atom. The van der Waals surface area contributed by atoms with Crippen molar-refractivity contribution in [2.75, 3.05) is 29.9 Å². The molecule has 1 aromatic rings. The monoisotopic (exact) mass is 480 g/mol. The van der Waals surface area contributed by atoms with Gasteiger partial charge in [-0.05, 0) is 80.5 Å². The first kappa shape index (κ1) is 22.1. The van der Waals surface area contributed by atoms with Crippen LogP contribution in [0.2, 0.25) is 0 Å². The SMILES string of the molecule is CC1CCN(S(=O)(=O)c2ccc(NC(=O)C3C[C@H]4CC[C@@H](C3)C43SCCS3)cc2)CC1. The molecule has 2 heterocycles. The Bertz CT molecular complexity index is 904. The lowest BCUT2D eigenvalue weighted by Crippen LogP contribution is -2.41. The number of hydrogen-bond acceptors (Lipinski definition) is 5. The first-order chi connectivity index (χ1) is 14.9. The number of amides is 1. The molecule has 3 atom stereocenters. The summed E-state index contributed by atoms with van der Waals surface area (Å²) in [5, 5.41) is 3.06. The molecule has 5 rings (SSSR count). The van der Waals surface area contributed by atoms with Gasteiger partial charge in [0.15, 0.2) is 0 Å². The summed E-state index contributed by atoms with van der Waals surface area (Å²) in [5.74, 6) is 4.56. The van der Waals surface area contributed by atoms with Crippen LogP contribution in [0, 0.1) is 23.7 Å². The molecule has 1 aromatic carbocycles. The van der Waals surface area contributed by atoms with Crippen molar-refractivity contribution in [2.24, 2.45) is 23.7 Å². The number of carbonyl (C=O) groups excluding carboxylic acids is 1. The number of thioether (sulfide) groups is 2. The minimum absolute atomic E-state index is 0.0728. The fraction of sp³-hybridized carbons (Fsp3) is 0.696. The van der Waals surface area contributed by atoms with Crippen LogP contribution >= 0.6 is 23.5 Å². The Balaban J connectivity index is 1.22. The highest BCUT2D eigenvalue weighted by Crippen LogP contribution is 2.65. The van der Waals surface area contributed by atoms with E-state index in [9.17, 15) is 13.2 Å². The normalized spacial score (nSPS) is 31.2. The third-order valence-electron chi connectivity index (χ3n) is 7.75. The van der Waals surface area contributed by atoms with Crippen molar-refractivity contribution in [3.05, 3.63) is 24.3 Å². The summed E-state index contributed by atoms with van der Waals surface area (Å²) in [5.41, 5.74) is 0.688. The van der Waals surface area contributed by atoms with Gasteiger partial charge < -0.3 is 5.32 Å². The molecule has 0 aromatic heterocycles. The van der Waals surface area contributed by atoms with E-state index >= 15 is 0 Å². The summed E-state index contributed by atoms with van der Waals surface area (Å²) < 4.78 is 27.8. The van der Waals surface area contributed by atoms with Crippen LogP contribution in [0.5, 0.6) is 0 Å². The van der Waals surface area contributed by atoms with Crippen LogP contribution in [0.4, 0.5) is 5.69 Å². The van der Waals surface area contributed by atoms with E-state index < -0.39 is 10.0 Å². The summed E-state index contributed by atoms with van der Waals surface area (Å²) in [6.07, 6.45) is 6.32. The molecule has 170 valence electrons. The van der Waals surface area contributed by atoms with Gasteiger partial charge >= 0.3 is 0 Å². The van der Waals surface area contributed by atoms with Crippen molar-refractivity contribution < 1.29 is 13.2 Å². The third-order valence-corrected chi connectivity index (χ3v) is 13.7. The molecule has 4 aliphatic rings. The highest BCUT2D eigenvalue weighted by molar-refractivity contribution is 8.21. The molecule has 2 bridgehead atoms. The molecule has 8 heteroatoms. The summed E-state index contributed by atoms with van der Waals surface area (Å²) in [4.78, 5) is 13.3. The Morgan fingerprint density at radius 2 is 1.58 bits per heavy atom. The zero-order chi connectivity index (χ0) is 21.6. The van der Waals surface area contributed by atoms with Gasteiger partial charge in [-0.3, -0.25) is 4.79 Å². The maximum atomic E-state index is 13.0. The lowest BCUT2D eigenvalue weighted by atomic mass is 9.79. The first-order valence-electron chi connectivity index (χ1n) is 11.6. The number of piperidine rings is 1. The molecule has 1 N–H and O–H groups in total. The molecule has 2 aliphatic heterocycles. The second kappa shape index (κ2) is 8.58. The number of carbonyl (C=O) groups is 1. The van der Waals surface area contributed by atoms with Crippen LogP contribution in [0.25, 0.3) is 0 Å². The molecule has 1 unspecified atom stereocenters. The van der Waals surface area contributed by atoms with Crippen molar-refractivity contribution in [1.29, 1.82) is 0 Å². The quantitative estimate of drug-likeness (QED) is 0.679. The fourth-order valence-corrected chi connectivity index (χ4v) is 11.4. The van der Waals surface area contributed by atoms with Crippen molar-refractivity contribution in [3.63, 3.8) is 0 Å². The average molecular weight is 481 g/mol. The van der Waals surface area contributed by atoms with Crippen LogP contribution in [0.3, 0.4) is 0 Å².